The molecule has 1 saturated heterocycles. The third kappa shape index (κ3) is 6.11. The van der Waals surface area contributed by atoms with Gasteiger partial charge in [0.25, 0.3) is 5.78 Å². The number of ether oxygens (including phenoxy) is 1. The number of carbonyl (C=O) groups is 2. The molecule has 1 N–H and O–H groups in total. The van der Waals surface area contributed by atoms with E-state index in [9.17, 15) is 14.7 Å². The zero-order chi connectivity index (χ0) is 29.9. The van der Waals surface area contributed by atoms with Crippen LogP contribution in [0.4, 0.5) is 5.13 Å². The quantitative estimate of drug-likeness (QED) is 0.0613. The first-order valence-electron chi connectivity index (χ1n) is 13.5. The smallest absolute Gasteiger partial charge is 0.302 e. The molecule has 0 bridgehead atoms. The monoisotopic (exact) mass is 609 g/mol. The number of anilines is 1. The summed E-state index contributed by atoms with van der Waals surface area (Å²) >= 11 is 2.70. The number of ketones is 1. The van der Waals surface area contributed by atoms with E-state index in [-0.39, 0.29) is 16.5 Å². The van der Waals surface area contributed by atoms with Crippen LogP contribution in [0, 0.1) is 13.8 Å². The highest BCUT2D eigenvalue weighted by atomic mass is 32.2. The number of rotatable bonds is 9. The number of aromatic nitrogens is 2. The van der Waals surface area contributed by atoms with Crippen LogP contribution in [0.5, 0.6) is 5.75 Å². The highest BCUT2D eigenvalue weighted by Gasteiger charge is 2.49. The molecule has 1 fully saturated rings. The van der Waals surface area contributed by atoms with Crippen molar-refractivity contribution in [3.8, 4) is 5.75 Å². The number of aryl methyl sites for hydroxylation is 2. The molecule has 1 atom stereocenters. The first-order chi connectivity index (χ1) is 20.9. The van der Waals surface area contributed by atoms with Crippen LogP contribution in [0.3, 0.4) is 0 Å². The van der Waals surface area contributed by atoms with Gasteiger partial charge in [-0.15, -0.1) is 10.2 Å². The number of hydrogen-bond acceptors (Lipinski definition) is 9. The summed E-state index contributed by atoms with van der Waals surface area (Å²) in [5.41, 5.74) is 3.60. The van der Waals surface area contributed by atoms with Crippen LogP contribution in [-0.4, -0.2) is 27.0 Å². The van der Waals surface area contributed by atoms with Crippen molar-refractivity contribution in [3.63, 3.8) is 0 Å². The standard InChI is InChI=1S/C33H27N3O5S2/c1-20-7-6-10-23(17-20)18-40-25-14-12-24(13-15-25)29(37)27-28(26-16-11-21(2)41-26)36(31(39)30(27)38)32-34-35-33(43-32)42-19-22-8-4-3-5-9-22/h3-17,28,37H,18-19H2,1-2H3/b29-27+. The number of thioether (sulfide) groups is 1. The minimum Gasteiger partial charge on any atom is -0.507 e. The Labute approximate surface area is 256 Å². The minimum atomic E-state index is -1.01. The predicted molar refractivity (Wildman–Crippen MR) is 166 cm³/mol. The lowest BCUT2D eigenvalue weighted by Crippen LogP contribution is -2.29. The molecule has 1 aliphatic heterocycles. The fraction of sp³-hybridized carbons (Fsp3) is 0.152. The second kappa shape index (κ2) is 12.3. The van der Waals surface area contributed by atoms with Gasteiger partial charge in [0.15, 0.2) is 4.34 Å². The number of carbonyl (C=O) groups excluding carboxylic acids is 2. The summed E-state index contributed by atoms with van der Waals surface area (Å²) in [4.78, 5) is 28.1. The zero-order valence-electron chi connectivity index (χ0n) is 23.4. The topological polar surface area (TPSA) is 106 Å². The Hall–Kier alpha value is -4.67. The van der Waals surface area contributed by atoms with Crippen molar-refractivity contribution < 1.29 is 23.8 Å². The number of hydrogen-bond donors (Lipinski definition) is 1. The second-order valence-electron chi connectivity index (χ2n) is 10.0. The maximum atomic E-state index is 13.4. The maximum Gasteiger partial charge on any atom is 0.302 e. The molecule has 8 nitrogen and oxygen atoms in total. The van der Waals surface area contributed by atoms with Gasteiger partial charge >= 0.3 is 5.91 Å². The fourth-order valence-corrected chi connectivity index (χ4v) is 6.63. The zero-order valence-corrected chi connectivity index (χ0v) is 25.0. The third-order valence-electron chi connectivity index (χ3n) is 6.90. The van der Waals surface area contributed by atoms with Crippen LogP contribution < -0.4 is 9.64 Å². The molecule has 1 amide bonds. The molecule has 216 valence electrons. The summed E-state index contributed by atoms with van der Waals surface area (Å²) in [7, 11) is 0. The molecule has 0 spiro atoms. The van der Waals surface area contributed by atoms with Crippen molar-refractivity contribution in [2.24, 2.45) is 0 Å². The largest absolute Gasteiger partial charge is 0.507 e. The van der Waals surface area contributed by atoms with E-state index in [1.807, 2.05) is 55.5 Å². The fourth-order valence-electron chi connectivity index (χ4n) is 4.81. The first-order valence-corrected chi connectivity index (χ1v) is 15.3. The molecule has 0 radical (unpaired) electrons. The van der Waals surface area contributed by atoms with E-state index >= 15 is 0 Å². The Balaban J connectivity index is 1.28. The van der Waals surface area contributed by atoms with E-state index in [1.54, 1.807) is 43.3 Å². The van der Waals surface area contributed by atoms with E-state index in [4.69, 9.17) is 9.15 Å². The number of aliphatic hydroxyl groups excluding tert-OH is 1. The van der Waals surface area contributed by atoms with Gasteiger partial charge < -0.3 is 14.3 Å². The third-order valence-corrected chi connectivity index (χ3v) is 9.02. The number of amides is 1. The van der Waals surface area contributed by atoms with Crippen LogP contribution in [-0.2, 0) is 21.9 Å². The van der Waals surface area contributed by atoms with Crippen LogP contribution in [0.15, 0.2) is 105 Å². The van der Waals surface area contributed by atoms with Gasteiger partial charge in [-0.05, 0) is 61.4 Å². The predicted octanol–water partition coefficient (Wildman–Crippen LogP) is 7.25. The Kier molecular flexibility index (Phi) is 8.13. The van der Waals surface area contributed by atoms with Crippen LogP contribution >= 0.6 is 23.1 Å². The molecule has 43 heavy (non-hydrogen) atoms. The molecule has 3 aromatic carbocycles. The first kappa shape index (κ1) is 28.4. The number of nitrogens with zero attached hydrogens (tertiary/aromatic N) is 3. The van der Waals surface area contributed by atoms with Gasteiger partial charge in [-0.1, -0.05) is 83.3 Å². The van der Waals surface area contributed by atoms with Crippen molar-refractivity contribution in [3.05, 3.63) is 130 Å². The molecular weight excluding hydrogens is 583 g/mol. The van der Waals surface area contributed by atoms with E-state index in [1.165, 1.54) is 28.0 Å². The lowest BCUT2D eigenvalue weighted by molar-refractivity contribution is -0.132. The minimum absolute atomic E-state index is 0.0820. The van der Waals surface area contributed by atoms with E-state index in [0.29, 0.717) is 39.5 Å². The van der Waals surface area contributed by atoms with Gasteiger partial charge in [0.2, 0.25) is 5.13 Å². The lowest BCUT2D eigenvalue weighted by atomic mass is 9.99. The van der Waals surface area contributed by atoms with Crippen molar-refractivity contribution in [2.45, 2.75) is 36.6 Å². The van der Waals surface area contributed by atoms with Gasteiger partial charge in [0.1, 0.15) is 35.7 Å². The van der Waals surface area contributed by atoms with E-state index in [2.05, 4.69) is 16.3 Å². The highest BCUT2D eigenvalue weighted by Crippen LogP contribution is 2.44. The van der Waals surface area contributed by atoms with Crippen LogP contribution in [0.2, 0.25) is 0 Å². The van der Waals surface area contributed by atoms with Gasteiger partial charge in [0, 0.05) is 11.3 Å². The molecule has 2 aromatic heterocycles. The Morgan fingerprint density at radius 1 is 0.953 bits per heavy atom. The molecule has 6 rings (SSSR count). The Morgan fingerprint density at radius 2 is 1.72 bits per heavy atom. The van der Waals surface area contributed by atoms with E-state index < -0.39 is 17.7 Å². The average Bonchev–Trinajstić information content (AvgIpc) is 3.73. The number of aliphatic hydroxyl groups is 1. The number of furan rings is 1. The van der Waals surface area contributed by atoms with Crippen molar-refractivity contribution in [1.29, 1.82) is 0 Å². The maximum absolute atomic E-state index is 13.4. The highest BCUT2D eigenvalue weighted by molar-refractivity contribution is 8.00. The molecule has 0 aliphatic carbocycles. The van der Waals surface area contributed by atoms with Crippen molar-refractivity contribution in [2.75, 3.05) is 4.90 Å². The molecule has 3 heterocycles. The van der Waals surface area contributed by atoms with Gasteiger partial charge in [-0.3, -0.25) is 14.5 Å². The van der Waals surface area contributed by atoms with E-state index in [0.717, 1.165) is 16.7 Å². The normalized spacial score (nSPS) is 16.1. The number of benzene rings is 3. The molecule has 0 saturated carbocycles. The van der Waals surface area contributed by atoms with Crippen LogP contribution in [0.1, 0.15) is 39.8 Å². The Morgan fingerprint density at radius 3 is 2.44 bits per heavy atom. The summed E-state index contributed by atoms with van der Waals surface area (Å²) < 4.78 is 12.4. The average molecular weight is 610 g/mol. The molecule has 5 aromatic rings. The molecule has 1 unspecified atom stereocenters. The SMILES string of the molecule is Cc1cccc(COc2ccc(/C(O)=C3\C(=O)C(=O)N(c4nnc(SCc5ccccc5)s4)C3c3ccc(C)o3)cc2)c1. The summed E-state index contributed by atoms with van der Waals surface area (Å²) in [6.07, 6.45) is 0. The van der Waals surface area contributed by atoms with Crippen molar-refractivity contribution >= 4 is 45.7 Å². The van der Waals surface area contributed by atoms with Gasteiger partial charge in [-0.25, -0.2) is 0 Å². The van der Waals surface area contributed by atoms with Crippen LogP contribution in [0.25, 0.3) is 5.76 Å². The summed E-state index contributed by atoms with van der Waals surface area (Å²) in [5.74, 6) is 0.274. The van der Waals surface area contributed by atoms with Gasteiger partial charge in [0.05, 0.1) is 5.57 Å². The second-order valence-corrected chi connectivity index (χ2v) is 12.2. The molecule has 1 aliphatic rings. The number of Topliss-reactive ketones (excluding diaryl/α,β-unsaturated/α-hetero) is 1. The molecular formula is C33H27N3O5S2. The lowest BCUT2D eigenvalue weighted by Gasteiger charge is -2.20. The molecule has 10 heteroatoms. The summed E-state index contributed by atoms with van der Waals surface area (Å²) in [6.45, 7) is 4.19. The summed E-state index contributed by atoms with van der Waals surface area (Å²) in [5, 5.41) is 20.2. The Bertz CT molecular complexity index is 1810. The van der Waals surface area contributed by atoms with Gasteiger partial charge in [-0.2, -0.15) is 0 Å². The van der Waals surface area contributed by atoms with Crippen molar-refractivity contribution in [1.82, 2.24) is 10.2 Å². The summed E-state index contributed by atoms with van der Waals surface area (Å²) in [6, 6.07) is 27.2.